The first-order valence-corrected chi connectivity index (χ1v) is 4.86. The highest BCUT2D eigenvalue weighted by atomic mass is 19.1. The first kappa shape index (κ1) is 12.4. The van der Waals surface area contributed by atoms with E-state index in [2.05, 4.69) is 5.32 Å². The van der Waals surface area contributed by atoms with Crippen LogP contribution >= 0.6 is 0 Å². The minimum absolute atomic E-state index is 0.0628. The average Bonchev–Trinajstić information content (AvgIpc) is 2.18. The number of halogens is 1. The topological polar surface area (TPSA) is 64.3 Å². The molecule has 0 aliphatic heterocycles. The number of rotatable bonds is 3. The highest BCUT2D eigenvalue weighted by molar-refractivity contribution is 5.84. The summed E-state index contributed by atoms with van der Waals surface area (Å²) in [4.78, 5) is 11.3. The molecule has 88 valence electrons. The third-order valence-electron chi connectivity index (χ3n) is 1.69. The summed E-state index contributed by atoms with van der Waals surface area (Å²) in [7, 11) is 0. The Bertz CT molecular complexity index is 374. The molecule has 0 atom stereocenters. The van der Waals surface area contributed by atoms with Gasteiger partial charge in [0, 0.05) is 5.54 Å². The van der Waals surface area contributed by atoms with Crippen molar-refractivity contribution in [3.8, 4) is 0 Å². The zero-order valence-corrected chi connectivity index (χ0v) is 9.29. The molecule has 0 bridgehead atoms. The van der Waals surface area contributed by atoms with Gasteiger partial charge in [-0.1, -0.05) is 12.1 Å². The van der Waals surface area contributed by atoms with Gasteiger partial charge >= 0.3 is 6.09 Å². The van der Waals surface area contributed by atoms with Gasteiger partial charge in [-0.25, -0.2) is 9.18 Å². The minimum Gasteiger partial charge on any atom is -0.447 e. The highest BCUT2D eigenvalue weighted by Gasteiger charge is 2.14. The fourth-order valence-electron chi connectivity index (χ4n) is 0.960. The van der Waals surface area contributed by atoms with Crippen LogP contribution in [0, 0.1) is 5.82 Å². The lowest BCUT2D eigenvalue weighted by Crippen LogP contribution is -2.39. The van der Waals surface area contributed by atoms with Crippen LogP contribution in [0.2, 0.25) is 0 Å². The molecule has 5 heteroatoms. The molecule has 1 amide bonds. The van der Waals surface area contributed by atoms with Crippen molar-refractivity contribution < 1.29 is 13.9 Å². The third kappa shape index (κ3) is 4.27. The van der Waals surface area contributed by atoms with E-state index in [1.54, 1.807) is 19.9 Å². The maximum absolute atomic E-state index is 13.1. The molecule has 0 aliphatic rings. The molecule has 0 heterocycles. The Morgan fingerprint density at radius 1 is 1.50 bits per heavy atom. The summed E-state index contributed by atoms with van der Waals surface area (Å²) in [5, 5.41) is 2.29. The van der Waals surface area contributed by atoms with Gasteiger partial charge in [0.05, 0.1) is 5.69 Å². The van der Waals surface area contributed by atoms with Crippen molar-refractivity contribution in [2.75, 3.05) is 11.9 Å². The van der Waals surface area contributed by atoms with Crippen molar-refractivity contribution in [2.45, 2.75) is 19.4 Å². The van der Waals surface area contributed by atoms with Crippen LogP contribution in [0.4, 0.5) is 14.9 Å². The number of nitrogens with one attached hydrogen (secondary N) is 1. The maximum Gasteiger partial charge on any atom is 0.411 e. The number of ether oxygens (including phenoxy) is 1. The molecule has 1 aromatic rings. The second-order valence-corrected chi connectivity index (χ2v) is 4.17. The molecular weight excluding hydrogens is 211 g/mol. The molecule has 0 saturated carbocycles. The Labute approximate surface area is 93.6 Å². The lowest BCUT2D eigenvalue weighted by molar-refractivity contribution is 0.138. The Morgan fingerprint density at radius 2 is 2.12 bits per heavy atom. The number of anilines is 1. The van der Waals surface area contributed by atoms with Gasteiger partial charge in [0.15, 0.2) is 0 Å². The summed E-state index contributed by atoms with van der Waals surface area (Å²) in [6.45, 7) is 3.51. The fraction of sp³-hybridized carbons (Fsp3) is 0.364. The predicted molar refractivity (Wildman–Crippen MR) is 59.6 cm³/mol. The normalized spacial score (nSPS) is 11.0. The van der Waals surface area contributed by atoms with Gasteiger partial charge in [-0.2, -0.15) is 0 Å². The van der Waals surface area contributed by atoms with Crippen LogP contribution in [-0.4, -0.2) is 18.2 Å². The van der Waals surface area contributed by atoms with E-state index in [9.17, 15) is 9.18 Å². The number of carbonyl (C=O) groups is 1. The van der Waals surface area contributed by atoms with E-state index in [1.165, 1.54) is 18.2 Å². The van der Waals surface area contributed by atoms with Crippen LogP contribution in [-0.2, 0) is 4.74 Å². The molecule has 0 aliphatic carbocycles. The van der Waals surface area contributed by atoms with Gasteiger partial charge in [-0.15, -0.1) is 0 Å². The molecule has 16 heavy (non-hydrogen) atoms. The Morgan fingerprint density at radius 3 is 2.69 bits per heavy atom. The molecule has 0 spiro atoms. The quantitative estimate of drug-likeness (QED) is 0.829. The Hall–Kier alpha value is -1.62. The first-order chi connectivity index (χ1) is 7.38. The molecular formula is C11H15FN2O2. The van der Waals surface area contributed by atoms with Crippen molar-refractivity contribution in [1.82, 2.24) is 0 Å². The van der Waals surface area contributed by atoms with Crippen LogP contribution < -0.4 is 11.1 Å². The summed E-state index contributed by atoms with van der Waals surface area (Å²) < 4.78 is 18.0. The van der Waals surface area contributed by atoms with E-state index < -0.39 is 17.4 Å². The first-order valence-electron chi connectivity index (χ1n) is 4.86. The largest absolute Gasteiger partial charge is 0.447 e. The van der Waals surface area contributed by atoms with Gasteiger partial charge in [0.2, 0.25) is 0 Å². The molecule has 0 aromatic heterocycles. The average molecular weight is 226 g/mol. The molecule has 0 unspecified atom stereocenters. The molecule has 0 saturated heterocycles. The molecule has 3 N–H and O–H groups in total. The van der Waals surface area contributed by atoms with Gasteiger partial charge in [-0.05, 0) is 26.0 Å². The van der Waals surface area contributed by atoms with Crippen LogP contribution in [0.5, 0.6) is 0 Å². The standard InChI is InChI=1S/C11H15FN2O2/c1-11(2,13)7-16-10(15)14-9-6-4-3-5-8(9)12/h3-6H,7,13H2,1-2H3,(H,14,15). The number of amides is 1. The van der Waals surface area contributed by atoms with E-state index in [-0.39, 0.29) is 12.3 Å². The number of benzene rings is 1. The molecule has 0 fully saturated rings. The van der Waals surface area contributed by atoms with E-state index in [0.29, 0.717) is 0 Å². The fourth-order valence-corrected chi connectivity index (χ4v) is 0.960. The zero-order chi connectivity index (χ0) is 12.2. The number of hydrogen-bond donors (Lipinski definition) is 2. The van der Waals surface area contributed by atoms with E-state index in [4.69, 9.17) is 10.5 Å². The van der Waals surface area contributed by atoms with Gasteiger partial charge in [0.25, 0.3) is 0 Å². The van der Waals surface area contributed by atoms with Gasteiger partial charge < -0.3 is 10.5 Å². The van der Waals surface area contributed by atoms with E-state index >= 15 is 0 Å². The monoisotopic (exact) mass is 226 g/mol. The van der Waals surface area contributed by atoms with E-state index in [1.807, 2.05) is 0 Å². The SMILES string of the molecule is CC(C)(N)COC(=O)Nc1ccccc1F. The lowest BCUT2D eigenvalue weighted by atomic mass is 10.1. The summed E-state index contributed by atoms with van der Waals surface area (Å²) in [6, 6.07) is 5.85. The number of para-hydroxylation sites is 1. The maximum atomic E-state index is 13.1. The molecule has 1 aromatic carbocycles. The van der Waals surface area contributed by atoms with Crippen LogP contribution in [0.25, 0.3) is 0 Å². The number of nitrogens with two attached hydrogens (primary N) is 1. The van der Waals surface area contributed by atoms with Crippen LogP contribution in [0.1, 0.15) is 13.8 Å². The second-order valence-electron chi connectivity index (χ2n) is 4.17. The van der Waals surface area contributed by atoms with E-state index in [0.717, 1.165) is 0 Å². The zero-order valence-electron chi connectivity index (χ0n) is 9.29. The summed E-state index contributed by atoms with van der Waals surface area (Å²) in [5.74, 6) is -0.508. The highest BCUT2D eigenvalue weighted by Crippen LogP contribution is 2.12. The van der Waals surface area contributed by atoms with Crippen molar-refractivity contribution in [3.63, 3.8) is 0 Å². The van der Waals surface area contributed by atoms with Crippen molar-refractivity contribution in [2.24, 2.45) is 5.73 Å². The lowest BCUT2D eigenvalue weighted by Gasteiger charge is -2.18. The van der Waals surface area contributed by atoms with Crippen LogP contribution in [0.3, 0.4) is 0 Å². The summed E-state index contributed by atoms with van der Waals surface area (Å²) >= 11 is 0. The second kappa shape index (κ2) is 4.94. The Balaban J connectivity index is 2.50. The smallest absolute Gasteiger partial charge is 0.411 e. The van der Waals surface area contributed by atoms with Gasteiger partial charge in [0.1, 0.15) is 12.4 Å². The third-order valence-corrected chi connectivity index (χ3v) is 1.69. The Kier molecular flexibility index (Phi) is 3.84. The summed E-state index contributed by atoms with van der Waals surface area (Å²) in [5.41, 5.74) is 5.11. The number of carbonyl (C=O) groups excluding carboxylic acids is 1. The molecule has 0 radical (unpaired) electrons. The minimum atomic E-state index is -0.719. The molecule has 4 nitrogen and oxygen atoms in total. The van der Waals surface area contributed by atoms with Gasteiger partial charge in [-0.3, -0.25) is 5.32 Å². The number of hydrogen-bond acceptors (Lipinski definition) is 3. The van der Waals surface area contributed by atoms with Crippen LogP contribution in [0.15, 0.2) is 24.3 Å². The van der Waals surface area contributed by atoms with Crippen molar-refractivity contribution in [1.29, 1.82) is 0 Å². The summed E-state index contributed by atoms with van der Waals surface area (Å²) in [6.07, 6.45) is -0.719. The van der Waals surface area contributed by atoms with Crippen molar-refractivity contribution in [3.05, 3.63) is 30.1 Å². The predicted octanol–water partition coefficient (Wildman–Crippen LogP) is 2.11. The van der Waals surface area contributed by atoms with Crippen molar-refractivity contribution >= 4 is 11.8 Å². The molecule has 1 rings (SSSR count).